The number of carbonyl (C=O) groups is 2. The SMILES string of the molecule is Cc1cccc(N2C(=O)C(Nc3ccc(F)cc3)=C(c3ccc(OCC(C)C)cc3)C2=O)c1. The molecule has 0 saturated heterocycles. The summed E-state index contributed by atoms with van der Waals surface area (Å²) in [4.78, 5) is 28.1. The lowest BCUT2D eigenvalue weighted by Crippen LogP contribution is -2.32. The van der Waals surface area contributed by atoms with E-state index in [1.165, 1.54) is 24.3 Å². The lowest BCUT2D eigenvalue weighted by Gasteiger charge is -2.16. The Morgan fingerprint density at radius 3 is 2.27 bits per heavy atom. The summed E-state index contributed by atoms with van der Waals surface area (Å²) in [7, 11) is 0. The van der Waals surface area contributed by atoms with Gasteiger partial charge in [-0.25, -0.2) is 9.29 Å². The molecule has 0 aromatic heterocycles. The molecule has 1 aliphatic rings. The van der Waals surface area contributed by atoms with Gasteiger partial charge in [-0.15, -0.1) is 0 Å². The number of imide groups is 1. The summed E-state index contributed by atoms with van der Waals surface area (Å²) in [5.41, 5.74) is 2.92. The van der Waals surface area contributed by atoms with E-state index in [0.717, 1.165) is 10.5 Å². The monoisotopic (exact) mass is 444 g/mol. The van der Waals surface area contributed by atoms with Crippen molar-refractivity contribution in [2.24, 2.45) is 5.92 Å². The van der Waals surface area contributed by atoms with Gasteiger partial charge in [-0.05, 0) is 72.5 Å². The maximum atomic E-state index is 13.5. The van der Waals surface area contributed by atoms with Crippen LogP contribution in [0, 0.1) is 18.7 Å². The van der Waals surface area contributed by atoms with Crippen LogP contribution in [0.1, 0.15) is 25.0 Å². The highest BCUT2D eigenvalue weighted by molar-refractivity contribution is 6.46. The maximum Gasteiger partial charge on any atom is 0.282 e. The van der Waals surface area contributed by atoms with Crippen molar-refractivity contribution < 1.29 is 18.7 Å². The maximum absolute atomic E-state index is 13.5. The minimum atomic E-state index is -0.468. The van der Waals surface area contributed by atoms with Crippen molar-refractivity contribution in [1.29, 1.82) is 0 Å². The first-order valence-electron chi connectivity index (χ1n) is 10.8. The number of carbonyl (C=O) groups excluding carboxylic acids is 2. The first-order valence-corrected chi connectivity index (χ1v) is 10.8. The number of ether oxygens (including phenoxy) is 1. The second kappa shape index (κ2) is 9.28. The van der Waals surface area contributed by atoms with Gasteiger partial charge in [0, 0.05) is 5.69 Å². The minimum Gasteiger partial charge on any atom is -0.493 e. The van der Waals surface area contributed by atoms with Gasteiger partial charge in [0.15, 0.2) is 0 Å². The quantitative estimate of drug-likeness (QED) is 0.485. The highest BCUT2D eigenvalue weighted by atomic mass is 19.1. The van der Waals surface area contributed by atoms with Crippen molar-refractivity contribution in [3.63, 3.8) is 0 Å². The molecule has 33 heavy (non-hydrogen) atoms. The molecular formula is C27H25FN2O3. The number of nitrogens with one attached hydrogen (secondary N) is 1. The van der Waals surface area contributed by atoms with Gasteiger partial charge in [-0.1, -0.05) is 38.1 Å². The Labute approximate surface area is 192 Å². The summed E-state index contributed by atoms with van der Waals surface area (Å²) >= 11 is 0. The molecule has 6 heteroatoms. The van der Waals surface area contributed by atoms with Crippen LogP contribution in [0.25, 0.3) is 5.57 Å². The summed E-state index contributed by atoms with van der Waals surface area (Å²) in [6.45, 7) is 6.61. The first-order chi connectivity index (χ1) is 15.8. The topological polar surface area (TPSA) is 58.6 Å². The summed E-state index contributed by atoms with van der Waals surface area (Å²) in [6.07, 6.45) is 0. The number of aryl methyl sites for hydroxylation is 1. The molecule has 4 rings (SSSR count). The molecule has 168 valence electrons. The zero-order chi connectivity index (χ0) is 23.5. The van der Waals surface area contributed by atoms with E-state index in [-0.39, 0.29) is 17.1 Å². The van der Waals surface area contributed by atoms with E-state index < -0.39 is 11.8 Å². The van der Waals surface area contributed by atoms with Crippen LogP contribution in [0.5, 0.6) is 5.75 Å². The first kappa shape index (κ1) is 22.3. The number of nitrogens with zero attached hydrogens (tertiary/aromatic N) is 1. The van der Waals surface area contributed by atoms with Crippen LogP contribution in [-0.4, -0.2) is 18.4 Å². The molecule has 1 heterocycles. The number of rotatable bonds is 7. The molecule has 0 aliphatic carbocycles. The molecule has 0 fully saturated rings. The number of halogens is 1. The second-order valence-electron chi connectivity index (χ2n) is 8.40. The van der Waals surface area contributed by atoms with Crippen LogP contribution in [0.4, 0.5) is 15.8 Å². The Hall–Kier alpha value is -3.93. The second-order valence-corrected chi connectivity index (χ2v) is 8.40. The van der Waals surface area contributed by atoms with Crippen LogP contribution < -0.4 is 15.0 Å². The molecule has 1 aliphatic heterocycles. The highest BCUT2D eigenvalue weighted by Gasteiger charge is 2.40. The normalized spacial score (nSPS) is 13.8. The molecule has 0 unspecified atom stereocenters. The highest BCUT2D eigenvalue weighted by Crippen LogP contribution is 2.34. The standard InChI is InChI=1S/C27H25FN2O3/c1-17(2)16-33-23-13-7-19(8-14-23)24-25(29-21-11-9-20(28)10-12-21)27(32)30(26(24)31)22-6-4-5-18(3)15-22/h4-15,17,29H,16H2,1-3H3. The van der Waals surface area contributed by atoms with Gasteiger partial charge in [-0.2, -0.15) is 0 Å². The van der Waals surface area contributed by atoms with E-state index in [9.17, 15) is 14.0 Å². The van der Waals surface area contributed by atoms with E-state index in [2.05, 4.69) is 19.2 Å². The summed E-state index contributed by atoms with van der Waals surface area (Å²) in [5, 5.41) is 3.04. The molecule has 0 atom stereocenters. The lowest BCUT2D eigenvalue weighted by atomic mass is 10.0. The zero-order valence-corrected chi connectivity index (χ0v) is 18.8. The molecule has 3 aromatic rings. The average Bonchev–Trinajstić information content (AvgIpc) is 3.03. The fourth-order valence-electron chi connectivity index (χ4n) is 3.57. The lowest BCUT2D eigenvalue weighted by molar-refractivity contribution is -0.120. The molecule has 3 aromatic carbocycles. The van der Waals surface area contributed by atoms with Crippen molar-refractivity contribution >= 4 is 28.8 Å². The Morgan fingerprint density at radius 2 is 1.64 bits per heavy atom. The Balaban J connectivity index is 1.74. The largest absolute Gasteiger partial charge is 0.493 e. The molecule has 0 saturated carbocycles. The molecular weight excluding hydrogens is 419 g/mol. The van der Waals surface area contributed by atoms with E-state index in [4.69, 9.17) is 4.74 Å². The van der Waals surface area contributed by atoms with Gasteiger partial charge in [0.25, 0.3) is 11.8 Å². The van der Waals surface area contributed by atoms with E-state index in [0.29, 0.717) is 35.2 Å². The van der Waals surface area contributed by atoms with Gasteiger partial charge in [0.05, 0.1) is 17.9 Å². The molecule has 5 nitrogen and oxygen atoms in total. The molecule has 0 bridgehead atoms. The zero-order valence-electron chi connectivity index (χ0n) is 18.8. The van der Waals surface area contributed by atoms with Crippen molar-refractivity contribution in [3.05, 3.63) is 95.4 Å². The predicted molar refractivity (Wildman–Crippen MR) is 127 cm³/mol. The van der Waals surface area contributed by atoms with Crippen molar-refractivity contribution in [1.82, 2.24) is 0 Å². The predicted octanol–water partition coefficient (Wildman–Crippen LogP) is 5.57. The molecule has 1 N–H and O–H groups in total. The number of hydrogen-bond donors (Lipinski definition) is 1. The minimum absolute atomic E-state index is 0.143. The van der Waals surface area contributed by atoms with Crippen LogP contribution >= 0.6 is 0 Å². The Kier molecular flexibility index (Phi) is 6.27. The summed E-state index contributed by atoms with van der Waals surface area (Å²) < 4.78 is 19.1. The fraction of sp³-hybridized carbons (Fsp3) is 0.185. The van der Waals surface area contributed by atoms with Gasteiger partial charge < -0.3 is 10.1 Å². The van der Waals surface area contributed by atoms with Crippen LogP contribution in [0.3, 0.4) is 0 Å². The smallest absolute Gasteiger partial charge is 0.282 e. The van der Waals surface area contributed by atoms with E-state index in [1.54, 1.807) is 42.5 Å². The van der Waals surface area contributed by atoms with Crippen LogP contribution in [-0.2, 0) is 9.59 Å². The van der Waals surface area contributed by atoms with Gasteiger partial charge >= 0.3 is 0 Å². The number of amides is 2. The molecule has 2 amide bonds. The third-order valence-corrected chi connectivity index (χ3v) is 5.18. The van der Waals surface area contributed by atoms with E-state index >= 15 is 0 Å². The van der Waals surface area contributed by atoms with Crippen molar-refractivity contribution in [2.75, 3.05) is 16.8 Å². The van der Waals surface area contributed by atoms with Gasteiger partial charge in [0.1, 0.15) is 17.3 Å². The Morgan fingerprint density at radius 1 is 0.939 bits per heavy atom. The number of anilines is 2. The summed E-state index contributed by atoms with van der Waals surface area (Å²) in [5.74, 6) is -0.206. The molecule has 0 radical (unpaired) electrons. The fourth-order valence-corrected chi connectivity index (χ4v) is 3.57. The van der Waals surface area contributed by atoms with Gasteiger partial charge in [0.2, 0.25) is 0 Å². The van der Waals surface area contributed by atoms with Crippen LogP contribution in [0.2, 0.25) is 0 Å². The van der Waals surface area contributed by atoms with Crippen LogP contribution in [0.15, 0.2) is 78.5 Å². The third kappa shape index (κ3) is 4.80. The molecule has 0 spiro atoms. The van der Waals surface area contributed by atoms with E-state index in [1.807, 2.05) is 13.0 Å². The number of hydrogen-bond acceptors (Lipinski definition) is 4. The third-order valence-electron chi connectivity index (χ3n) is 5.18. The van der Waals surface area contributed by atoms with Crippen molar-refractivity contribution in [2.45, 2.75) is 20.8 Å². The average molecular weight is 445 g/mol. The number of benzene rings is 3. The Bertz CT molecular complexity index is 1210. The van der Waals surface area contributed by atoms with Gasteiger partial charge in [-0.3, -0.25) is 9.59 Å². The summed E-state index contributed by atoms with van der Waals surface area (Å²) in [6, 6.07) is 20.0. The van der Waals surface area contributed by atoms with Crippen molar-refractivity contribution in [3.8, 4) is 5.75 Å².